The number of anilines is 1. The van der Waals surface area contributed by atoms with E-state index in [0.29, 0.717) is 18.1 Å². The van der Waals surface area contributed by atoms with E-state index < -0.39 is 0 Å². The Labute approximate surface area is 129 Å². The maximum atomic E-state index is 11.6. The molecule has 0 aliphatic rings. The second kappa shape index (κ2) is 7.22. The van der Waals surface area contributed by atoms with Gasteiger partial charge in [0.1, 0.15) is 5.82 Å². The zero-order valence-corrected chi connectivity index (χ0v) is 13.3. The molecule has 0 aromatic carbocycles. The van der Waals surface area contributed by atoms with Gasteiger partial charge in [-0.3, -0.25) is 0 Å². The van der Waals surface area contributed by atoms with E-state index in [2.05, 4.69) is 35.6 Å². The van der Waals surface area contributed by atoms with Gasteiger partial charge in [0.25, 0.3) is 0 Å². The van der Waals surface area contributed by atoms with Crippen LogP contribution in [0.1, 0.15) is 42.0 Å². The first-order valence-corrected chi connectivity index (χ1v) is 7.93. The van der Waals surface area contributed by atoms with Crippen molar-refractivity contribution in [2.24, 2.45) is 5.92 Å². The van der Waals surface area contributed by atoms with Gasteiger partial charge in [-0.15, -0.1) is 11.3 Å². The van der Waals surface area contributed by atoms with Crippen LogP contribution in [0.5, 0.6) is 0 Å². The molecule has 2 aromatic heterocycles. The molecule has 0 fully saturated rings. The van der Waals surface area contributed by atoms with Crippen LogP contribution < -0.4 is 5.32 Å². The Kier molecular flexibility index (Phi) is 5.33. The van der Waals surface area contributed by atoms with Gasteiger partial charge in [0.05, 0.1) is 18.2 Å². The maximum absolute atomic E-state index is 11.6. The monoisotopic (exact) mass is 304 g/mol. The van der Waals surface area contributed by atoms with Gasteiger partial charge in [-0.2, -0.15) is 0 Å². The second-order valence-corrected chi connectivity index (χ2v) is 6.01. The smallest absolute Gasteiger partial charge is 0.339 e. The van der Waals surface area contributed by atoms with Gasteiger partial charge >= 0.3 is 5.97 Å². The van der Waals surface area contributed by atoms with Crippen LogP contribution in [0.4, 0.5) is 5.82 Å². The Morgan fingerprint density at radius 1 is 1.38 bits per heavy atom. The molecule has 0 saturated carbocycles. The third-order valence-electron chi connectivity index (χ3n) is 3.09. The Hall–Kier alpha value is -1.88. The minimum Gasteiger partial charge on any atom is -0.462 e. The lowest BCUT2D eigenvalue weighted by Gasteiger charge is -2.21. The van der Waals surface area contributed by atoms with Gasteiger partial charge in [-0.1, -0.05) is 19.9 Å². The first-order chi connectivity index (χ1) is 10.1. The van der Waals surface area contributed by atoms with Crippen LogP contribution in [0.15, 0.2) is 35.8 Å². The van der Waals surface area contributed by atoms with E-state index in [-0.39, 0.29) is 12.0 Å². The van der Waals surface area contributed by atoms with Crippen LogP contribution >= 0.6 is 11.3 Å². The lowest BCUT2D eigenvalue weighted by Crippen LogP contribution is -2.16. The number of nitrogens with zero attached hydrogens (tertiary/aromatic N) is 1. The molecule has 1 N–H and O–H groups in total. The molecule has 0 spiro atoms. The van der Waals surface area contributed by atoms with E-state index in [9.17, 15) is 4.79 Å². The molecule has 0 amide bonds. The molecule has 1 unspecified atom stereocenters. The first-order valence-electron chi connectivity index (χ1n) is 7.05. The fraction of sp³-hybridized carbons (Fsp3) is 0.375. The van der Waals surface area contributed by atoms with Gasteiger partial charge in [0.15, 0.2) is 0 Å². The van der Waals surface area contributed by atoms with E-state index in [4.69, 9.17) is 4.74 Å². The van der Waals surface area contributed by atoms with Gasteiger partial charge in [0, 0.05) is 11.1 Å². The highest BCUT2D eigenvalue weighted by atomic mass is 32.1. The molecule has 4 nitrogen and oxygen atoms in total. The Morgan fingerprint density at radius 2 is 2.19 bits per heavy atom. The van der Waals surface area contributed by atoms with Crippen LogP contribution in [0.2, 0.25) is 0 Å². The predicted octanol–water partition coefficient (Wildman–Crippen LogP) is 4.13. The zero-order chi connectivity index (χ0) is 15.2. The fourth-order valence-corrected chi connectivity index (χ4v) is 2.96. The number of rotatable bonds is 6. The number of hydrogen-bond acceptors (Lipinski definition) is 5. The number of pyridine rings is 1. The van der Waals surface area contributed by atoms with Crippen LogP contribution in [-0.2, 0) is 4.74 Å². The van der Waals surface area contributed by atoms with Crippen molar-refractivity contribution in [3.63, 3.8) is 0 Å². The summed E-state index contributed by atoms with van der Waals surface area (Å²) in [4.78, 5) is 17.2. The molecular formula is C16H20N2O2S. The number of nitrogens with one attached hydrogen (secondary N) is 1. The summed E-state index contributed by atoms with van der Waals surface area (Å²) >= 11 is 1.73. The summed E-state index contributed by atoms with van der Waals surface area (Å²) in [5.74, 6) is 0.862. The highest BCUT2D eigenvalue weighted by Gasteiger charge is 2.17. The predicted molar refractivity (Wildman–Crippen MR) is 85.7 cm³/mol. The number of aromatic nitrogens is 1. The summed E-state index contributed by atoms with van der Waals surface area (Å²) in [5, 5.41) is 5.50. The summed E-state index contributed by atoms with van der Waals surface area (Å²) < 4.78 is 4.95. The third kappa shape index (κ3) is 4.04. The SMILES string of the molecule is CCOC(=O)c1ccc(NC(c2cccs2)C(C)C)nc1. The van der Waals surface area contributed by atoms with Gasteiger partial charge < -0.3 is 10.1 Å². The summed E-state index contributed by atoms with van der Waals surface area (Å²) in [6, 6.07) is 7.93. The molecule has 2 heterocycles. The van der Waals surface area contributed by atoms with Crippen LogP contribution in [-0.4, -0.2) is 17.6 Å². The lowest BCUT2D eigenvalue weighted by molar-refractivity contribution is 0.0526. The van der Waals surface area contributed by atoms with Crippen molar-refractivity contribution in [1.29, 1.82) is 0 Å². The van der Waals surface area contributed by atoms with Crippen molar-refractivity contribution in [1.82, 2.24) is 4.98 Å². The first kappa shape index (κ1) is 15.5. The number of hydrogen-bond donors (Lipinski definition) is 1. The van der Waals surface area contributed by atoms with Crippen molar-refractivity contribution >= 4 is 23.1 Å². The van der Waals surface area contributed by atoms with E-state index in [0.717, 1.165) is 5.82 Å². The van der Waals surface area contributed by atoms with Crippen LogP contribution in [0.25, 0.3) is 0 Å². The summed E-state index contributed by atoms with van der Waals surface area (Å²) in [5.41, 5.74) is 0.472. The molecule has 0 bridgehead atoms. The minimum absolute atomic E-state index is 0.214. The average Bonchev–Trinajstić information content (AvgIpc) is 2.99. The molecule has 1 atom stereocenters. The van der Waals surface area contributed by atoms with Gasteiger partial charge in [-0.25, -0.2) is 9.78 Å². The molecule has 0 saturated heterocycles. The standard InChI is InChI=1S/C16H20N2O2S/c1-4-20-16(19)12-7-8-14(17-10-12)18-15(11(2)3)13-6-5-9-21-13/h5-11,15H,4H2,1-3H3,(H,17,18). The quantitative estimate of drug-likeness (QED) is 0.815. The molecule has 112 valence electrons. The van der Waals surface area contributed by atoms with Crippen LogP contribution in [0, 0.1) is 5.92 Å². The Morgan fingerprint density at radius 3 is 2.71 bits per heavy atom. The fourth-order valence-electron chi connectivity index (χ4n) is 2.01. The molecule has 5 heteroatoms. The average molecular weight is 304 g/mol. The third-order valence-corrected chi connectivity index (χ3v) is 4.05. The van der Waals surface area contributed by atoms with Gasteiger partial charge in [0.2, 0.25) is 0 Å². The van der Waals surface area contributed by atoms with Crippen molar-refractivity contribution in [3.8, 4) is 0 Å². The molecule has 21 heavy (non-hydrogen) atoms. The number of esters is 1. The highest BCUT2D eigenvalue weighted by Crippen LogP contribution is 2.29. The van der Waals surface area contributed by atoms with Crippen LogP contribution in [0.3, 0.4) is 0 Å². The van der Waals surface area contributed by atoms with Crippen molar-refractivity contribution in [2.75, 3.05) is 11.9 Å². The number of carbonyl (C=O) groups is 1. The number of ether oxygens (including phenoxy) is 1. The zero-order valence-electron chi connectivity index (χ0n) is 12.5. The van der Waals surface area contributed by atoms with E-state index in [1.807, 2.05) is 12.1 Å². The molecule has 2 aromatic rings. The maximum Gasteiger partial charge on any atom is 0.339 e. The van der Waals surface area contributed by atoms with Crippen molar-refractivity contribution in [3.05, 3.63) is 46.3 Å². The molecular weight excluding hydrogens is 284 g/mol. The van der Waals surface area contributed by atoms with Crippen molar-refractivity contribution in [2.45, 2.75) is 26.8 Å². The Bertz CT molecular complexity index is 564. The Balaban J connectivity index is 2.10. The number of thiophene rings is 1. The van der Waals surface area contributed by atoms with E-state index in [1.165, 1.54) is 4.88 Å². The molecule has 0 aliphatic carbocycles. The highest BCUT2D eigenvalue weighted by molar-refractivity contribution is 7.10. The van der Waals surface area contributed by atoms with Crippen molar-refractivity contribution < 1.29 is 9.53 Å². The molecule has 0 aliphatic heterocycles. The van der Waals surface area contributed by atoms with Gasteiger partial charge in [-0.05, 0) is 36.4 Å². The second-order valence-electron chi connectivity index (χ2n) is 5.03. The molecule has 0 radical (unpaired) electrons. The largest absolute Gasteiger partial charge is 0.462 e. The topological polar surface area (TPSA) is 51.2 Å². The van der Waals surface area contributed by atoms with E-state index >= 15 is 0 Å². The summed E-state index contributed by atoms with van der Waals surface area (Å²) in [6.07, 6.45) is 1.55. The van der Waals surface area contributed by atoms with E-state index in [1.54, 1.807) is 30.5 Å². The summed E-state index contributed by atoms with van der Waals surface area (Å²) in [6.45, 7) is 6.50. The number of carbonyl (C=O) groups excluding carboxylic acids is 1. The summed E-state index contributed by atoms with van der Waals surface area (Å²) in [7, 11) is 0. The molecule has 2 rings (SSSR count). The minimum atomic E-state index is -0.338. The lowest BCUT2D eigenvalue weighted by atomic mass is 10.0. The normalized spacial score (nSPS) is 12.2.